The lowest BCUT2D eigenvalue weighted by Gasteiger charge is -1.94. The molecule has 0 spiro atoms. The van der Waals surface area contributed by atoms with E-state index in [-0.39, 0.29) is 6.54 Å². The number of rotatable bonds is 2. The van der Waals surface area contributed by atoms with E-state index < -0.39 is 5.91 Å². The zero-order valence-electron chi connectivity index (χ0n) is 7.84. The van der Waals surface area contributed by atoms with Gasteiger partial charge in [0.2, 0.25) is 5.91 Å². The fraction of sp³-hybridized carbons (Fsp3) is 0.100. The molecular formula is C10H8N4O. The number of nitrogens with zero attached hydrogens (tertiary/aromatic N) is 3. The van der Waals surface area contributed by atoms with E-state index in [9.17, 15) is 4.79 Å². The monoisotopic (exact) mass is 200 g/mol. The molecule has 5 heteroatoms. The summed E-state index contributed by atoms with van der Waals surface area (Å²) >= 11 is 0. The number of primary amides is 1. The molecule has 0 aromatic heterocycles. The minimum absolute atomic E-state index is 0.108. The normalized spacial score (nSPS) is 8.27. The van der Waals surface area contributed by atoms with Crippen LogP contribution in [0.2, 0.25) is 0 Å². The van der Waals surface area contributed by atoms with Crippen molar-refractivity contribution in [3.63, 3.8) is 0 Å². The Balaban J connectivity index is 2.84. The summed E-state index contributed by atoms with van der Waals surface area (Å²) in [6.45, 7) is 0.108. The molecule has 5 nitrogen and oxygen atoms in total. The highest BCUT2D eigenvalue weighted by Gasteiger charge is 1.98. The van der Waals surface area contributed by atoms with Crippen LogP contribution in [-0.2, 0) is 0 Å². The smallest absolute Gasteiger partial charge is 0.248 e. The molecule has 1 amide bonds. The molecule has 0 aliphatic carbocycles. The maximum Gasteiger partial charge on any atom is 0.248 e. The summed E-state index contributed by atoms with van der Waals surface area (Å²) in [4.78, 5) is 13.4. The van der Waals surface area contributed by atoms with Gasteiger partial charge in [-0.2, -0.15) is 0 Å². The molecule has 1 aromatic carbocycles. The highest BCUT2D eigenvalue weighted by atomic mass is 16.1. The van der Waals surface area contributed by atoms with Gasteiger partial charge in [0, 0.05) is 16.0 Å². The SMILES string of the molecule is [N-]=[N+]=NCC#Cc1cccc(C(N)=O)c1. The fourth-order valence-corrected chi connectivity index (χ4v) is 0.959. The van der Waals surface area contributed by atoms with Gasteiger partial charge in [0.15, 0.2) is 0 Å². The van der Waals surface area contributed by atoms with Crippen molar-refractivity contribution < 1.29 is 4.79 Å². The minimum atomic E-state index is -0.492. The first-order chi connectivity index (χ1) is 7.24. The Morgan fingerprint density at radius 3 is 3.07 bits per heavy atom. The molecule has 0 bridgehead atoms. The number of azide groups is 1. The number of benzene rings is 1. The van der Waals surface area contributed by atoms with Gasteiger partial charge in [0.25, 0.3) is 0 Å². The average Bonchev–Trinajstić information content (AvgIpc) is 2.25. The summed E-state index contributed by atoms with van der Waals surface area (Å²) in [5, 5.41) is 3.26. The van der Waals surface area contributed by atoms with Crippen LogP contribution in [0.1, 0.15) is 15.9 Å². The number of hydrogen-bond acceptors (Lipinski definition) is 2. The van der Waals surface area contributed by atoms with Crippen LogP contribution in [0.25, 0.3) is 10.4 Å². The predicted molar refractivity (Wildman–Crippen MR) is 55.9 cm³/mol. The van der Waals surface area contributed by atoms with E-state index >= 15 is 0 Å². The number of carbonyl (C=O) groups is 1. The van der Waals surface area contributed by atoms with Gasteiger partial charge < -0.3 is 5.73 Å². The molecule has 0 saturated carbocycles. The van der Waals surface area contributed by atoms with Crippen LogP contribution in [0.4, 0.5) is 0 Å². The lowest BCUT2D eigenvalue weighted by Crippen LogP contribution is -2.10. The van der Waals surface area contributed by atoms with Crippen molar-refractivity contribution in [1.82, 2.24) is 0 Å². The lowest BCUT2D eigenvalue weighted by molar-refractivity contribution is 0.100. The first kappa shape index (κ1) is 10.6. The Kier molecular flexibility index (Phi) is 3.78. The number of nitrogens with two attached hydrogens (primary N) is 1. The molecule has 2 N–H and O–H groups in total. The van der Waals surface area contributed by atoms with Gasteiger partial charge in [-0.15, -0.1) is 0 Å². The summed E-state index contributed by atoms with van der Waals surface area (Å²) in [6.07, 6.45) is 0. The maximum atomic E-state index is 10.8. The van der Waals surface area contributed by atoms with E-state index in [0.29, 0.717) is 11.1 Å². The summed E-state index contributed by atoms with van der Waals surface area (Å²) < 4.78 is 0. The molecule has 15 heavy (non-hydrogen) atoms. The van der Waals surface area contributed by atoms with E-state index in [0.717, 1.165) is 0 Å². The maximum absolute atomic E-state index is 10.8. The van der Waals surface area contributed by atoms with Crippen molar-refractivity contribution in [1.29, 1.82) is 0 Å². The van der Waals surface area contributed by atoms with E-state index in [2.05, 4.69) is 21.9 Å². The van der Waals surface area contributed by atoms with Crippen LogP contribution in [0.3, 0.4) is 0 Å². The minimum Gasteiger partial charge on any atom is -0.366 e. The van der Waals surface area contributed by atoms with Gasteiger partial charge >= 0.3 is 0 Å². The van der Waals surface area contributed by atoms with Gasteiger partial charge in [-0.1, -0.05) is 23.0 Å². The van der Waals surface area contributed by atoms with E-state index in [1.165, 1.54) is 0 Å². The lowest BCUT2D eigenvalue weighted by atomic mass is 10.1. The summed E-state index contributed by atoms with van der Waals surface area (Å²) in [7, 11) is 0. The predicted octanol–water partition coefficient (Wildman–Crippen LogP) is 1.45. The summed E-state index contributed by atoms with van der Waals surface area (Å²) in [6, 6.07) is 6.64. The second kappa shape index (κ2) is 5.32. The average molecular weight is 200 g/mol. The molecule has 1 aromatic rings. The van der Waals surface area contributed by atoms with Gasteiger partial charge in [0.05, 0.1) is 6.54 Å². The third-order valence-corrected chi connectivity index (χ3v) is 1.59. The fourth-order valence-electron chi connectivity index (χ4n) is 0.959. The number of carbonyl (C=O) groups excluding carboxylic acids is 1. The number of amides is 1. The van der Waals surface area contributed by atoms with Gasteiger partial charge in [-0.25, -0.2) is 0 Å². The van der Waals surface area contributed by atoms with Crippen LogP contribution in [-0.4, -0.2) is 12.5 Å². The summed E-state index contributed by atoms with van der Waals surface area (Å²) in [5.41, 5.74) is 14.2. The zero-order valence-corrected chi connectivity index (χ0v) is 7.84. The zero-order chi connectivity index (χ0) is 11.1. The highest BCUT2D eigenvalue weighted by Crippen LogP contribution is 2.02. The van der Waals surface area contributed by atoms with Crippen molar-refractivity contribution in [2.45, 2.75) is 0 Å². The first-order valence-electron chi connectivity index (χ1n) is 4.13. The topological polar surface area (TPSA) is 91.8 Å². The second-order valence-corrected chi connectivity index (χ2v) is 2.64. The Morgan fingerprint density at radius 1 is 1.60 bits per heavy atom. The van der Waals surface area contributed by atoms with Crippen molar-refractivity contribution in [3.05, 3.63) is 45.8 Å². The molecular weight excluding hydrogens is 192 g/mol. The van der Waals surface area contributed by atoms with Crippen LogP contribution < -0.4 is 5.73 Å². The Hall–Kier alpha value is -2.44. The molecule has 0 saturated heterocycles. The molecule has 0 atom stereocenters. The van der Waals surface area contributed by atoms with E-state index in [1.807, 2.05) is 0 Å². The Bertz CT molecular complexity index is 478. The quantitative estimate of drug-likeness (QED) is 0.332. The van der Waals surface area contributed by atoms with Gasteiger partial charge in [-0.05, 0) is 23.7 Å². The molecule has 0 aliphatic rings. The highest BCUT2D eigenvalue weighted by molar-refractivity contribution is 5.93. The molecule has 74 valence electrons. The van der Waals surface area contributed by atoms with Gasteiger partial charge in [-0.3, -0.25) is 4.79 Å². The molecule has 0 heterocycles. The second-order valence-electron chi connectivity index (χ2n) is 2.64. The molecule has 0 radical (unpaired) electrons. The molecule has 1 rings (SSSR count). The van der Waals surface area contributed by atoms with Gasteiger partial charge in [0.1, 0.15) is 0 Å². The van der Waals surface area contributed by atoms with Crippen molar-refractivity contribution in [2.75, 3.05) is 6.54 Å². The standard InChI is InChI=1S/C10H8N4O/c11-10(15)9-5-1-3-8(7-9)4-2-6-13-14-12/h1,3,5,7H,6H2,(H2,11,15). The largest absolute Gasteiger partial charge is 0.366 e. The molecule has 0 unspecified atom stereocenters. The van der Waals surface area contributed by atoms with E-state index in [4.69, 9.17) is 11.3 Å². The van der Waals surface area contributed by atoms with Crippen LogP contribution >= 0.6 is 0 Å². The van der Waals surface area contributed by atoms with Crippen LogP contribution in [0.15, 0.2) is 29.4 Å². The molecule has 0 aliphatic heterocycles. The van der Waals surface area contributed by atoms with Crippen molar-refractivity contribution in [3.8, 4) is 11.8 Å². The van der Waals surface area contributed by atoms with Crippen molar-refractivity contribution in [2.24, 2.45) is 10.8 Å². The van der Waals surface area contributed by atoms with Crippen LogP contribution in [0, 0.1) is 11.8 Å². The Labute approximate surface area is 86.5 Å². The van der Waals surface area contributed by atoms with Crippen LogP contribution in [0.5, 0.6) is 0 Å². The third kappa shape index (κ3) is 3.43. The molecule has 0 fully saturated rings. The summed E-state index contributed by atoms with van der Waals surface area (Å²) in [5.74, 6) is 4.91. The van der Waals surface area contributed by atoms with Crippen molar-refractivity contribution >= 4 is 5.91 Å². The third-order valence-electron chi connectivity index (χ3n) is 1.59. The Morgan fingerprint density at radius 2 is 2.40 bits per heavy atom. The van der Waals surface area contributed by atoms with E-state index in [1.54, 1.807) is 24.3 Å². The number of hydrogen-bond donors (Lipinski definition) is 1. The first-order valence-corrected chi connectivity index (χ1v) is 4.13.